The summed E-state index contributed by atoms with van der Waals surface area (Å²) in [7, 11) is 0. The van der Waals surface area contributed by atoms with E-state index in [2.05, 4.69) is 50.4 Å². The van der Waals surface area contributed by atoms with Crippen molar-refractivity contribution in [3.63, 3.8) is 0 Å². The van der Waals surface area contributed by atoms with Crippen LogP contribution in [0.3, 0.4) is 0 Å². The third-order valence-corrected chi connectivity index (χ3v) is 4.81. The van der Waals surface area contributed by atoms with Crippen molar-refractivity contribution < 1.29 is 4.79 Å². The molecule has 0 spiro atoms. The minimum Gasteiger partial charge on any atom is -0.356 e. The highest BCUT2D eigenvalue weighted by Gasteiger charge is 2.18. The average molecular weight is 352 g/mol. The van der Waals surface area contributed by atoms with E-state index < -0.39 is 0 Å². The average Bonchev–Trinajstić information content (AvgIpc) is 2.71. The van der Waals surface area contributed by atoms with Crippen LogP contribution in [0.25, 0.3) is 0 Å². The van der Waals surface area contributed by atoms with Crippen LogP contribution in [0.5, 0.6) is 0 Å². The van der Waals surface area contributed by atoms with Gasteiger partial charge in [-0.3, -0.25) is 9.69 Å². The second-order valence-electron chi connectivity index (χ2n) is 6.71. The Labute approximate surface area is 156 Å². The Bertz CT molecular complexity index is 654. The first-order valence-electron chi connectivity index (χ1n) is 9.50. The molecule has 2 aromatic rings. The summed E-state index contributed by atoms with van der Waals surface area (Å²) in [5, 5.41) is 3.04. The third-order valence-electron chi connectivity index (χ3n) is 4.81. The molecule has 1 fully saturated rings. The lowest BCUT2D eigenvalue weighted by atomic mass is 10.1. The molecule has 0 aliphatic carbocycles. The van der Waals surface area contributed by atoms with Crippen LogP contribution in [-0.2, 0) is 11.2 Å². The number of anilines is 1. The molecule has 1 saturated heterocycles. The summed E-state index contributed by atoms with van der Waals surface area (Å²) in [6, 6.07) is 16.4. The van der Waals surface area contributed by atoms with Crippen LogP contribution in [0.15, 0.2) is 54.7 Å². The number of piperazine rings is 1. The Hall–Kier alpha value is -2.40. The van der Waals surface area contributed by atoms with E-state index in [1.165, 1.54) is 5.56 Å². The number of benzene rings is 1. The summed E-state index contributed by atoms with van der Waals surface area (Å²) < 4.78 is 0. The minimum absolute atomic E-state index is 0.158. The number of hydrogen-bond donors (Lipinski definition) is 1. The van der Waals surface area contributed by atoms with Crippen LogP contribution in [0.4, 0.5) is 5.82 Å². The van der Waals surface area contributed by atoms with Gasteiger partial charge in [-0.1, -0.05) is 36.4 Å². The standard InChI is InChI=1S/C21H28N4O/c26-21(23-13-6-9-19-7-2-1-3-8-19)11-14-24-15-17-25(18-16-24)20-10-4-5-12-22-20/h1-5,7-8,10,12H,6,9,11,13-18H2,(H,23,26). The van der Waals surface area contributed by atoms with Gasteiger partial charge in [-0.15, -0.1) is 0 Å². The van der Waals surface area contributed by atoms with Crippen molar-refractivity contribution in [2.45, 2.75) is 19.3 Å². The van der Waals surface area contributed by atoms with Gasteiger partial charge in [0.15, 0.2) is 0 Å². The molecule has 1 amide bonds. The van der Waals surface area contributed by atoms with Gasteiger partial charge < -0.3 is 10.2 Å². The smallest absolute Gasteiger partial charge is 0.221 e. The maximum atomic E-state index is 12.0. The van der Waals surface area contributed by atoms with Gasteiger partial charge in [-0.05, 0) is 30.5 Å². The SMILES string of the molecule is O=C(CCN1CCN(c2ccccn2)CC1)NCCCc1ccccc1. The van der Waals surface area contributed by atoms with E-state index in [1.54, 1.807) is 0 Å². The Balaban J connectivity index is 1.27. The van der Waals surface area contributed by atoms with E-state index in [-0.39, 0.29) is 5.91 Å². The molecule has 1 aromatic carbocycles. The fraction of sp³-hybridized carbons (Fsp3) is 0.429. The van der Waals surface area contributed by atoms with E-state index >= 15 is 0 Å². The number of amides is 1. The van der Waals surface area contributed by atoms with Crippen LogP contribution < -0.4 is 10.2 Å². The lowest BCUT2D eigenvalue weighted by Crippen LogP contribution is -2.47. The zero-order chi connectivity index (χ0) is 18.0. The molecule has 5 nitrogen and oxygen atoms in total. The molecule has 2 heterocycles. The molecule has 1 aromatic heterocycles. The van der Waals surface area contributed by atoms with Crippen LogP contribution in [0.1, 0.15) is 18.4 Å². The Morgan fingerprint density at radius 3 is 2.50 bits per heavy atom. The van der Waals surface area contributed by atoms with Crippen molar-refractivity contribution in [2.24, 2.45) is 0 Å². The quantitative estimate of drug-likeness (QED) is 0.741. The highest BCUT2D eigenvalue weighted by Crippen LogP contribution is 2.12. The van der Waals surface area contributed by atoms with Crippen LogP contribution in [-0.4, -0.2) is 55.1 Å². The maximum absolute atomic E-state index is 12.0. The number of nitrogens with zero attached hydrogens (tertiary/aromatic N) is 3. The highest BCUT2D eigenvalue weighted by atomic mass is 16.1. The topological polar surface area (TPSA) is 48.5 Å². The van der Waals surface area contributed by atoms with Crippen molar-refractivity contribution in [1.82, 2.24) is 15.2 Å². The van der Waals surface area contributed by atoms with E-state index in [0.29, 0.717) is 6.42 Å². The molecular formula is C21H28N4O. The van der Waals surface area contributed by atoms with Gasteiger partial charge in [0.1, 0.15) is 5.82 Å². The predicted molar refractivity (Wildman–Crippen MR) is 105 cm³/mol. The molecule has 3 rings (SSSR count). The predicted octanol–water partition coefficient (Wildman–Crippen LogP) is 2.34. The summed E-state index contributed by atoms with van der Waals surface area (Å²) in [4.78, 5) is 21.1. The van der Waals surface area contributed by atoms with Gasteiger partial charge in [0.25, 0.3) is 0 Å². The number of pyridine rings is 1. The minimum atomic E-state index is 0.158. The van der Waals surface area contributed by atoms with Gasteiger partial charge in [-0.2, -0.15) is 0 Å². The first kappa shape index (κ1) is 18.4. The summed E-state index contributed by atoms with van der Waals surface area (Å²) in [6.07, 6.45) is 4.41. The number of rotatable bonds is 8. The lowest BCUT2D eigenvalue weighted by Gasteiger charge is -2.35. The van der Waals surface area contributed by atoms with Crippen LogP contribution in [0, 0.1) is 0 Å². The number of aromatic nitrogens is 1. The van der Waals surface area contributed by atoms with Gasteiger partial charge in [0.05, 0.1) is 0 Å². The van der Waals surface area contributed by atoms with Crippen molar-refractivity contribution in [3.8, 4) is 0 Å². The number of nitrogens with one attached hydrogen (secondary N) is 1. The fourth-order valence-corrected chi connectivity index (χ4v) is 3.25. The van der Waals surface area contributed by atoms with E-state index in [4.69, 9.17) is 0 Å². The summed E-state index contributed by atoms with van der Waals surface area (Å²) in [5.41, 5.74) is 1.33. The van der Waals surface area contributed by atoms with Crippen molar-refractivity contribution in [2.75, 3.05) is 44.2 Å². The first-order valence-corrected chi connectivity index (χ1v) is 9.50. The zero-order valence-electron chi connectivity index (χ0n) is 15.3. The second kappa shape index (κ2) is 9.92. The molecule has 0 atom stereocenters. The van der Waals surface area contributed by atoms with Crippen molar-refractivity contribution >= 4 is 11.7 Å². The van der Waals surface area contributed by atoms with Gasteiger partial charge in [0.2, 0.25) is 5.91 Å². The Morgan fingerprint density at radius 2 is 1.77 bits per heavy atom. The molecule has 1 N–H and O–H groups in total. The number of carbonyl (C=O) groups excluding carboxylic acids is 1. The molecule has 1 aliphatic rings. The van der Waals surface area contributed by atoms with Crippen LogP contribution >= 0.6 is 0 Å². The Kier molecular flexibility index (Phi) is 7.02. The fourth-order valence-electron chi connectivity index (χ4n) is 3.25. The van der Waals surface area contributed by atoms with Gasteiger partial charge in [0, 0.05) is 51.9 Å². The normalized spacial score (nSPS) is 15.0. The molecule has 0 saturated carbocycles. The second-order valence-corrected chi connectivity index (χ2v) is 6.71. The van der Waals surface area contributed by atoms with Gasteiger partial charge >= 0.3 is 0 Å². The van der Waals surface area contributed by atoms with Crippen molar-refractivity contribution in [1.29, 1.82) is 0 Å². The zero-order valence-corrected chi connectivity index (χ0v) is 15.3. The number of aryl methyl sites for hydroxylation is 1. The first-order chi connectivity index (χ1) is 12.8. The summed E-state index contributed by atoms with van der Waals surface area (Å²) >= 11 is 0. The van der Waals surface area contributed by atoms with E-state index in [0.717, 1.165) is 57.9 Å². The van der Waals surface area contributed by atoms with Crippen LogP contribution in [0.2, 0.25) is 0 Å². The molecular weight excluding hydrogens is 324 g/mol. The largest absolute Gasteiger partial charge is 0.356 e. The molecule has 0 unspecified atom stereocenters. The highest BCUT2D eigenvalue weighted by molar-refractivity contribution is 5.76. The maximum Gasteiger partial charge on any atom is 0.221 e. The van der Waals surface area contributed by atoms with E-state index in [9.17, 15) is 4.79 Å². The number of hydrogen-bond acceptors (Lipinski definition) is 4. The molecule has 0 bridgehead atoms. The molecule has 26 heavy (non-hydrogen) atoms. The lowest BCUT2D eigenvalue weighted by molar-refractivity contribution is -0.121. The Morgan fingerprint density at radius 1 is 1.00 bits per heavy atom. The summed E-state index contributed by atoms with van der Waals surface area (Å²) in [5.74, 6) is 1.20. The molecule has 0 radical (unpaired) electrons. The molecule has 138 valence electrons. The third kappa shape index (κ3) is 5.85. The molecule has 5 heteroatoms. The monoisotopic (exact) mass is 352 g/mol. The number of carbonyl (C=O) groups is 1. The van der Waals surface area contributed by atoms with E-state index in [1.807, 2.05) is 24.4 Å². The van der Waals surface area contributed by atoms with Gasteiger partial charge in [-0.25, -0.2) is 4.98 Å². The molecule has 1 aliphatic heterocycles. The summed E-state index contributed by atoms with van der Waals surface area (Å²) in [6.45, 7) is 5.49. The van der Waals surface area contributed by atoms with Crippen molar-refractivity contribution in [3.05, 3.63) is 60.3 Å².